The van der Waals surface area contributed by atoms with Gasteiger partial charge in [0.2, 0.25) is 5.82 Å². The van der Waals surface area contributed by atoms with Crippen LogP contribution < -0.4 is 0 Å². The van der Waals surface area contributed by atoms with Crippen LogP contribution in [-0.4, -0.2) is 55.4 Å². The van der Waals surface area contributed by atoms with Crippen LogP contribution in [-0.2, 0) is 11.3 Å². The molecule has 3 heterocycles. The minimum Gasteiger partial charge on any atom is -0.373 e. The zero-order chi connectivity index (χ0) is 19.8. The molecule has 0 spiro atoms. The summed E-state index contributed by atoms with van der Waals surface area (Å²) in [6, 6.07) is 16.9. The Morgan fingerprint density at radius 2 is 1.86 bits per heavy atom. The molecule has 0 unspecified atom stereocenters. The first-order chi connectivity index (χ1) is 14.2. The van der Waals surface area contributed by atoms with Crippen LogP contribution in [0.2, 0.25) is 0 Å². The van der Waals surface area contributed by atoms with E-state index < -0.39 is 0 Å². The molecule has 148 valence electrons. The SMILES string of the molecule is C[C@@H]1CN(Cc2cccc3c2ccn3-c2ccccc2-c2nn[nH]n2)C[C@H](C)O1. The van der Waals surface area contributed by atoms with Crippen molar-refractivity contribution < 1.29 is 4.74 Å². The van der Waals surface area contributed by atoms with Crippen LogP contribution in [0.1, 0.15) is 19.4 Å². The van der Waals surface area contributed by atoms with E-state index in [2.05, 4.69) is 80.5 Å². The van der Waals surface area contributed by atoms with Gasteiger partial charge in [0.05, 0.1) is 23.4 Å². The van der Waals surface area contributed by atoms with Crippen molar-refractivity contribution in [1.82, 2.24) is 30.1 Å². The van der Waals surface area contributed by atoms with E-state index in [1.165, 1.54) is 16.5 Å². The molecule has 5 rings (SSSR count). The number of tetrazole rings is 1. The van der Waals surface area contributed by atoms with E-state index >= 15 is 0 Å². The summed E-state index contributed by atoms with van der Waals surface area (Å²) in [4.78, 5) is 2.48. The molecular formula is C22H24N6O. The third kappa shape index (κ3) is 3.43. The monoisotopic (exact) mass is 388 g/mol. The molecule has 0 bridgehead atoms. The number of aromatic amines is 1. The number of rotatable bonds is 4. The number of fused-ring (bicyclic) bond motifs is 1. The first-order valence-corrected chi connectivity index (χ1v) is 9.99. The molecule has 0 aliphatic carbocycles. The lowest BCUT2D eigenvalue weighted by Crippen LogP contribution is -2.44. The van der Waals surface area contributed by atoms with Gasteiger partial charge in [0, 0.05) is 36.8 Å². The number of hydrogen-bond donors (Lipinski definition) is 1. The second kappa shape index (κ2) is 7.42. The maximum Gasteiger partial charge on any atom is 0.206 e. The summed E-state index contributed by atoms with van der Waals surface area (Å²) in [5, 5.41) is 15.9. The van der Waals surface area contributed by atoms with Gasteiger partial charge in [0.15, 0.2) is 0 Å². The Kier molecular flexibility index (Phi) is 4.61. The summed E-state index contributed by atoms with van der Waals surface area (Å²) in [6.45, 7) is 7.14. The van der Waals surface area contributed by atoms with Gasteiger partial charge in [-0.2, -0.15) is 5.21 Å². The number of aromatic nitrogens is 5. The number of benzene rings is 2. The molecule has 0 radical (unpaired) electrons. The van der Waals surface area contributed by atoms with Gasteiger partial charge in [0.25, 0.3) is 0 Å². The van der Waals surface area contributed by atoms with Crippen molar-refractivity contribution in [2.45, 2.75) is 32.6 Å². The molecule has 0 saturated carbocycles. The highest BCUT2D eigenvalue weighted by Crippen LogP contribution is 2.29. The number of hydrogen-bond acceptors (Lipinski definition) is 5. The van der Waals surface area contributed by atoms with Crippen LogP contribution >= 0.6 is 0 Å². The summed E-state index contributed by atoms with van der Waals surface area (Å²) < 4.78 is 8.09. The molecule has 1 fully saturated rings. The summed E-state index contributed by atoms with van der Waals surface area (Å²) in [5.74, 6) is 0.592. The average molecular weight is 388 g/mol. The van der Waals surface area contributed by atoms with Gasteiger partial charge in [0.1, 0.15) is 0 Å². The summed E-state index contributed by atoms with van der Waals surface area (Å²) in [5.41, 5.74) is 4.49. The fourth-order valence-electron chi connectivity index (χ4n) is 4.38. The first-order valence-electron chi connectivity index (χ1n) is 9.99. The van der Waals surface area contributed by atoms with E-state index in [4.69, 9.17) is 4.74 Å². The molecule has 7 nitrogen and oxygen atoms in total. The zero-order valence-corrected chi connectivity index (χ0v) is 16.6. The predicted molar refractivity (Wildman–Crippen MR) is 112 cm³/mol. The van der Waals surface area contributed by atoms with Gasteiger partial charge < -0.3 is 9.30 Å². The molecule has 4 aromatic rings. The lowest BCUT2D eigenvalue weighted by molar-refractivity contribution is -0.0703. The lowest BCUT2D eigenvalue weighted by atomic mass is 10.1. The fourth-order valence-corrected chi connectivity index (χ4v) is 4.38. The largest absolute Gasteiger partial charge is 0.373 e. The zero-order valence-electron chi connectivity index (χ0n) is 16.6. The van der Waals surface area contributed by atoms with E-state index in [9.17, 15) is 0 Å². The van der Waals surface area contributed by atoms with Gasteiger partial charge in [-0.3, -0.25) is 4.90 Å². The average Bonchev–Trinajstić information content (AvgIpc) is 3.38. The van der Waals surface area contributed by atoms with E-state index in [0.717, 1.165) is 30.9 Å². The molecule has 2 aromatic carbocycles. The first kappa shape index (κ1) is 18.0. The van der Waals surface area contributed by atoms with Crippen molar-refractivity contribution in [2.75, 3.05) is 13.1 Å². The van der Waals surface area contributed by atoms with Crippen molar-refractivity contribution in [1.29, 1.82) is 0 Å². The quantitative estimate of drug-likeness (QED) is 0.580. The van der Waals surface area contributed by atoms with Crippen LogP contribution in [0.4, 0.5) is 0 Å². The van der Waals surface area contributed by atoms with Gasteiger partial charge in [-0.25, -0.2) is 0 Å². The number of nitrogens with zero attached hydrogens (tertiary/aromatic N) is 5. The highest BCUT2D eigenvalue weighted by molar-refractivity contribution is 5.86. The molecule has 29 heavy (non-hydrogen) atoms. The normalized spacial score (nSPS) is 20.3. The van der Waals surface area contributed by atoms with Gasteiger partial charge in [-0.15, -0.1) is 10.2 Å². The van der Waals surface area contributed by atoms with Gasteiger partial charge in [-0.1, -0.05) is 24.3 Å². The Balaban J connectivity index is 1.53. The number of para-hydroxylation sites is 1. The maximum absolute atomic E-state index is 5.89. The number of nitrogens with one attached hydrogen (secondary N) is 1. The molecule has 0 amide bonds. The summed E-state index contributed by atoms with van der Waals surface area (Å²) in [7, 11) is 0. The number of morpholine rings is 1. The summed E-state index contributed by atoms with van der Waals surface area (Å²) in [6.07, 6.45) is 2.66. The lowest BCUT2D eigenvalue weighted by Gasteiger charge is -2.35. The van der Waals surface area contributed by atoms with E-state index in [-0.39, 0.29) is 12.2 Å². The molecular weight excluding hydrogens is 364 g/mol. The van der Waals surface area contributed by atoms with Crippen molar-refractivity contribution in [3.8, 4) is 17.1 Å². The number of ether oxygens (including phenoxy) is 1. The third-order valence-electron chi connectivity index (χ3n) is 5.46. The van der Waals surface area contributed by atoms with Crippen molar-refractivity contribution in [3.63, 3.8) is 0 Å². The fraction of sp³-hybridized carbons (Fsp3) is 0.318. The van der Waals surface area contributed by atoms with Gasteiger partial charge >= 0.3 is 0 Å². The Morgan fingerprint density at radius 3 is 2.66 bits per heavy atom. The van der Waals surface area contributed by atoms with Crippen LogP contribution in [0.15, 0.2) is 54.7 Å². The van der Waals surface area contributed by atoms with Crippen molar-refractivity contribution >= 4 is 10.9 Å². The van der Waals surface area contributed by atoms with E-state index in [1.807, 2.05) is 18.2 Å². The van der Waals surface area contributed by atoms with E-state index in [1.54, 1.807) is 0 Å². The van der Waals surface area contributed by atoms with Crippen LogP contribution in [0.3, 0.4) is 0 Å². The smallest absolute Gasteiger partial charge is 0.206 e. The minimum absolute atomic E-state index is 0.268. The Bertz CT molecular complexity index is 1110. The molecule has 1 aliphatic heterocycles. The number of H-pyrrole nitrogens is 1. The van der Waals surface area contributed by atoms with Crippen molar-refractivity contribution in [2.24, 2.45) is 0 Å². The minimum atomic E-state index is 0.268. The Hall–Kier alpha value is -3.03. The maximum atomic E-state index is 5.89. The highest BCUT2D eigenvalue weighted by Gasteiger charge is 2.23. The van der Waals surface area contributed by atoms with Crippen molar-refractivity contribution in [3.05, 3.63) is 60.3 Å². The molecule has 1 saturated heterocycles. The van der Waals surface area contributed by atoms with Crippen LogP contribution in [0.5, 0.6) is 0 Å². The third-order valence-corrected chi connectivity index (χ3v) is 5.46. The molecule has 7 heteroatoms. The Labute approximate surface area is 169 Å². The highest BCUT2D eigenvalue weighted by atomic mass is 16.5. The molecule has 2 aromatic heterocycles. The standard InChI is InChI=1S/C22H24N6O/c1-15-12-27(13-16(2)29-15)14-17-6-5-9-20-18(17)10-11-28(20)21-8-4-3-7-19(21)22-23-25-26-24-22/h3-11,15-16H,12-14H2,1-2H3,(H,23,24,25,26)/t15-,16+. The van der Waals surface area contributed by atoms with Crippen LogP contribution in [0.25, 0.3) is 28.0 Å². The molecule has 1 N–H and O–H groups in total. The topological polar surface area (TPSA) is 71.9 Å². The molecule has 2 atom stereocenters. The second-order valence-electron chi connectivity index (χ2n) is 7.74. The predicted octanol–water partition coefficient (Wildman–Crippen LogP) is 3.42. The van der Waals surface area contributed by atoms with Crippen LogP contribution in [0, 0.1) is 0 Å². The summed E-state index contributed by atoms with van der Waals surface area (Å²) >= 11 is 0. The van der Waals surface area contributed by atoms with Gasteiger partial charge in [-0.05, 0) is 48.9 Å². The van der Waals surface area contributed by atoms with E-state index in [0.29, 0.717) is 5.82 Å². The Morgan fingerprint density at radius 1 is 1.03 bits per heavy atom. The molecule has 1 aliphatic rings. The second-order valence-corrected chi connectivity index (χ2v) is 7.74.